The largest absolute Gasteiger partial charge is 0.341 e. The maximum atomic E-state index is 12.5. The highest BCUT2D eigenvalue weighted by molar-refractivity contribution is 7.87. The van der Waals surface area contributed by atoms with Crippen molar-refractivity contribution in [1.82, 2.24) is 4.90 Å². The van der Waals surface area contributed by atoms with E-state index in [9.17, 15) is 17.1 Å². The molecule has 1 saturated heterocycles. The van der Waals surface area contributed by atoms with E-state index in [0.29, 0.717) is 6.54 Å². The maximum absolute atomic E-state index is 12.5. The molecule has 6 heteroatoms. The van der Waals surface area contributed by atoms with Crippen LogP contribution in [0.5, 0.6) is 0 Å². The van der Waals surface area contributed by atoms with Gasteiger partial charge in [-0.25, -0.2) is 0 Å². The number of rotatable bonds is 3. The molecule has 13 heavy (non-hydrogen) atoms. The Bertz CT molecular complexity index is 301. The van der Waals surface area contributed by atoms with E-state index in [4.69, 9.17) is 0 Å². The average molecular weight is 209 g/mol. The molecule has 1 unspecified atom stereocenters. The van der Waals surface area contributed by atoms with E-state index >= 15 is 0 Å². The molecule has 1 amide bonds. The summed E-state index contributed by atoms with van der Waals surface area (Å²) < 4.78 is 33.4. The first kappa shape index (κ1) is 10.4. The second-order valence-electron chi connectivity index (χ2n) is 3.14. The van der Waals surface area contributed by atoms with Gasteiger partial charge < -0.3 is 4.90 Å². The molecule has 0 N–H and O–H groups in total. The quantitative estimate of drug-likeness (QED) is 0.628. The van der Waals surface area contributed by atoms with Crippen molar-refractivity contribution in [1.29, 1.82) is 0 Å². The molecule has 0 aromatic rings. The van der Waals surface area contributed by atoms with Gasteiger partial charge in [0.2, 0.25) is 5.91 Å². The minimum Gasteiger partial charge on any atom is -0.341 e. The normalized spacial score (nSPS) is 24.0. The Morgan fingerprint density at radius 3 is 2.62 bits per heavy atom. The SMILES string of the molecule is CCCN1CC(S(=O)(=O)F)CC1=O. The summed E-state index contributed by atoms with van der Waals surface area (Å²) in [6.07, 6.45) is 0.545. The zero-order valence-electron chi connectivity index (χ0n) is 7.36. The van der Waals surface area contributed by atoms with Gasteiger partial charge in [-0.3, -0.25) is 4.79 Å². The summed E-state index contributed by atoms with van der Waals surface area (Å²) in [6, 6.07) is 0. The number of hydrogen-bond acceptors (Lipinski definition) is 3. The lowest BCUT2D eigenvalue weighted by molar-refractivity contribution is -0.127. The van der Waals surface area contributed by atoms with Gasteiger partial charge in [-0.2, -0.15) is 8.42 Å². The average Bonchev–Trinajstić information content (AvgIpc) is 2.32. The number of carbonyl (C=O) groups excluding carboxylic acids is 1. The Morgan fingerprint density at radius 2 is 2.23 bits per heavy atom. The van der Waals surface area contributed by atoms with E-state index in [-0.39, 0.29) is 18.9 Å². The van der Waals surface area contributed by atoms with E-state index in [2.05, 4.69) is 0 Å². The lowest BCUT2D eigenvalue weighted by Crippen LogP contribution is -2.27. The highest BCUT2D eigenvalue weighted by Crippen LogP contribution is 2.19. The summed E-state index contributed by atoms with van der Waals surface area (Å²) in [6.45, 7) is 2.39. The van der Waals surface area contributed by atoms with Crippen LogP contribution in [0.15, 0.2) is 0 Å². The lowest BCUT2D eigenvalue weighted by atomic mass is 10.4. The van der Waals surface area contributed by atoms with Gasteiger partial charge >= 0.3 is 10.2 Å². The minimum absolute atomic E-state index is 0.00546. The van der Waals surface area contributed by atoms with E-state index < -0.39 is 15.5 Å². The van der Waals surface area contributed by atoms with Gasteiger partial charge in [0.25, 0.3) is 0 Å². The summed E-state index contributed by atoms with van der Waals surface area (Å²) >= 11 is 0. The molecule has 1 fully saturated rings. The Hall–Kier alpha value is -0.650. The van der Waals surface area contributed by atoms with Crippen molar-refractivity contribution in [2.24, 2.45) is 0 Å². The van der Waals surface area contributed by atoms with Crippen molar-refractivity contribution < 1.29 is 17.1 Å². The number of nitrogens with zero attached hydrogens (tertiary/aromatic N) is 1. The molecule has 1 aliphatic rings. The Labute approximate surface area is 76.9 Å². The van der Waals surface area contributed by atoms with Crippen LogP contribution < -0.4 is 0 Å². The number of carbonyl (C=O) groups is 1. The number of amides is 1. The van der Waals surface area contributed by atoms with Crippen molar-refractivity contribution in [2.75, 3.05) is 13.1 Å². The molecule has 1 heterocycles. The zero-order chi connectivity index (χ0) is 10.1. The Balaban J connectivity index is 2.66. The van der Waals surface area contributed by atoms with Crippen LogP contribution in [0.3, 0.4) is 0 Å². The van der Waals surface area contributed by atoms with Crippen LogP contribution in [0.1, 0.15) is 19.8 Å². The molecule has 0 spiro atoms. The molecule has 0 aromatic carbocycles. The van der Waals surface area contributed by atoms with E-state index in [0.717, 1.165) is 6.42 Å². The molecule has 0 aliphatic carbocycles. The second kappa shape index (κ2) is 3.61. The van der Waals surface area contributed by atoms with Crippen LogP contribution >= 0.6 is 0 Å². The predicted octanol–water partition coefficient (Wildman–Crippen LogP) is 0.297. The summed E-state index contributed by atoms with van der Waals surface area (Å²) in [4.78, 5) is 12.5. The Kier molecular flexibility index (Phi) is 2.90. The van der Waals surface area contributed by atoms with Gasteiger partial charge in [-0.15, -0.1) is 3.89 Å². The molecule has 1 aliphatic heterocycles. The zero-order valence-corrected chi connectivity index (χ0v) is 8.18. The minimum atomic E-state index is -4.55. The molecule has 0 bridgehead atoms. The van der Waals surface area contributed by atoms with Gasteiger partial charge in [0.15, 0.2) is 0 Å². The molecular formula is C7H12FNO3S. The van der Waals surface area contributed by atoms with E-state index in [1.54, 1.807) is 0 Å². The summed E-state index contributed by atoms with van der Waals surface area (Å²) in [5, 5.41) is -1.15. The van der Waals surface area contributed by atoms with Crippen molar-refractivity contribution in [3.8, 4) is 0 Å². The van der Waals surface area contributed by atoms with Crippen molar-refractivity contribution in [2.45, 2.75) is 25.0 Å². The molecule has 0 saturated carbocycles. The maximum Gasteiger partial charge on any atom is 0.307 e. The van der Waals surface area contributed by atoms with Gasteiger partial charge in [0.05, 0.1) is 0 Å². The van der Waals surface area contributed by atoms with Crippen LogP contribution in [0.4, 0.5) is 3.89 Å². The standard InChI is InChI=1S/C7H12FNO3S/c1-2-3-9-5-6(4-7(9)10)13(8,11)12/h6H,2-5H2,1H3. The Morgan fingerprint density at radius 1 is 1.62 bits per heavy atom. The fourth-order valence-electron chi connectivity index (χ4n) is 1.41. The van der Waals surface area contributed by atoms with Crippen molar-refractivity contribution in [3.63, 3.8) is 0 Å². The highest BCUT2D eigenvalue weighted by atomic mass is 32.3. The first-order valence-corrected chi connectivity index (χ1v) is 5.61. The summed E-state index contributed by atoms with van der Waals surface area (Å²) in [7, 11) is -4.55. The van der Waals surface area contributed by atoms with Crippen LogP contribution in [0.2, 0.25) is 0 Å². The fourth-order valence-corrected chi connectivity index (χ4v) is 2.11. The van der Waals surface area contributed by atoms with Gasteiger partial charge in [0, 0.05) is 19.5 Å². The van der Waals surface area contributed by atoms with Gasteiger partial charge in [0.1, 0.15) is 5.25 Å². The summed E-state index contributed by atoms with van der Waals surface area (Å²) in [5.74, 6) is -0.270. The number of likely N-dealkylation sites (tertiary alicyclic amines) is 1. The van der Waals surface area contributed by atoms with Crippen LogP contribution in [0.25, 0.3) is 0 Å². The monoisotopic (exact) mass is 209 g/mol. The third-order valence-electron chi connectivity index (χ3n) is 2.07. The molecule has 0 aromatic heterocycles. The third-order valence-corrected chi connectivity index (χ3v) is 3.18. The molecule has 1 rings (SSSR count). The first-order chi connectivity index (χ1) is 5.95. The molecule has 4 nitrogen and oxygen atoms in total. The number of hydrogen-bond donors (Lipinski definition) is 0. The van der Waals surface area contributed by atoms with E-state index in [1.807, 2.05) is 6.92 Å². The highest BCUT2D eigenvalue weighted by Gasteiger charge is 2.37. The fraction of sp³-hybridized carbons (Fsp3) is 0.857. The van der Waals surface area contributed by atoms with Gasteiger partial charge in [-0.1, -0.05) is 6.92 Å². The lowest BCUT2D eigenvalue weighted by Gasteiger charge is -2.13. The van der Waals surface area contributed by atoms with Crippen LogP contribution in [-0.4, -0.2) is 37.6 Å². The molecule has 1 atom stereocenters. The van der Waals surface area contributed by atoms with Crippen LogP contribution in [0, 0.1) is 0 Å². The van der Waals surface area contributed by atoms with Crippen molar-refractivity contribution >= 4 is 16.1 Å². The van der Waals surface area contributed by atoms with Crippen molar-refractivity contribution in [3.05, 3.63) is 0 Å². The predicted molar refractivity (Wildman–Crippen MR) is 45.3 cm³/mol. The number of halogens is 1. The molecular weight excluding hydrogens is 197 g/mol. The smallest absolute Gasteiger partial charge is 0.307 e. The molecule has 76 valence electrons. The second-order valence-corrected chi connectivity index (χ2v) is 4.76. The third kappa shape index (κ3) is 2.40. The first-order valence-electron chi connectivity index (χ1n) is 4.16. The molecule has 0 radical (unpaired) electrons. The summed E-state index contributed by atoms with van der Waals surface area (Å²) in [5.41, 5.74) is 0. The van der Waals surface area contributed by atoms with E-state index in [1.165, 1.54) is 4.90 Å². The topological polar surface area (TPSA) is 54.5 Å². The van der Waals surface area contributed by atoms with Crippen LogP contribution in [-0.2, 0) is 15.0 Å². The van der Waals surface area contributed by atoms with Gasteiger partial charge in [-0.05, 0) is 6.42 Å².